The third-order valence-corrected chi connectivity index (χ3v) is 11.6. The van der Waals surface area contributed by atoms with E-state index in [1.54, 1.807) is 67.8 Å². The maximum Gasteiger partial charge on any atom is 0.338 e. The number of carbonyl (C=O) groups is 2. The molecule has 1 fully saturated rings. The summed E-state index contributed by atoms with van der Waals surface area (Å²) in [5.74, 6) is -3.35. The van der Waals surface area contributed by atoms with Gasteiger partial charge in [-0.25, -0.2) is 19.0 Å². The van der Waals surface area contributed by atoms with Gasteiger partial charge in [-0.3, -0.25) is 4.57 Å². The van der Waals surface area contributed by atoms with Crippen LogP contribution in [0, 0.1) is 0 Å². The molecule has 2 aromatic heterocycles. The van der Waals surface area contributed by atoms with Crippen LogP contribution >= 0.6 is 22.6 Å². The number of carbonyl (C=O) groups excluding carboxylic acids is 2. The average Bonchev–Trinajstić information content (AvgIpc) is 3.82. The zero-order valence-electron chi connectivity index (χ0n) is 33.4. The summed E-state index contributed by atoms with van der Waals surface area (Å²) in [6.07, 6.45) is -1.85. The molecule has 0 saturated carbocycles. The van der Waals surface area contributed by atoms with Gasteiger partial charge in [-0.15, -0.1) is 0 Å². The number of aromatic nitrogens is 4. The summed E-state index contributed by atoms with van der Waals surface area (Å²) in [6, 6.07) is 43.9. The highest BCUT2D eigenvalue weighted by Gasteiger charge is 2.68. The molecule has 0 radical (unpaired) electrons. The van der Waals surface area contributed by atoms with Gasteiger partial charge in [0.25, 0.3) is 5.85 Å². The zero-order valence-corrected chi connectivity index (χ0v) is 35.6. The fraction of sp³-hybridized carbons (Fsp3) is 0.213. The standard InChI is InChI=1S/C47H41FIN5O7/c1-4-58-39-37-38(51-44(52-39)53-47(33-21-13-7-14-22-33,34-23-15-8-16-24-34)35-25-27-36(57-3)28-26-35)54(30-50-37)43-45(2,60-41(56)32-19-11-6-12-20-32)42(46(48,29-49)61-43)59-40(55)31-17-9-5-10-18-31/h5-28,30,42-43H,4,29H2,1-3H3,(H,51,52,53)/t42-,43+,45+,46+/m0/s1. The van der Waals surface area contributed by atoms with Crippen molar-refractivity contribution in [1.82, 2.24) is 19.5 Å². The minimum Gasteiger partial charge on any atom is -0.497 e. The maximum atomic E-state index is 17.5. The van der Waals surface area contributed by atoms with E-state index in [2.05, 4.69) is 10.3 Å². The molecule has 1 aliphatic rings. The van der Waals surface area contributed by atoms with Gasteiger partial charge in [0.15, 0.2) is 23.0 Å². The van der Waals surface area contributed by atoms with Crippen molar-refractivity contribution < 1.29 is 37.7 Å². The van der Waals surface area contributed by atoms with E-state index in [-0.39, 0.29) is 45.2 Å². The number of nitrogens with one attached hydrogen (secondary N) is 1. The highest BCUT2D eigenvalue weighted by Crippen LogP contribution is 2.51. The number of benzene rings is 5. The molecule has 310 valence electrons. The molecule has 3 heterocycles. The van der Waals surface area contributed by atoms with Crippen molar-refractivity contribution in [3.05, 3.63) is 180 Å². The molecule has 1 N–H and O–H groups in total. The van der Waals surface area contributed by atoms with Gasteiger partial charge < -0.3 is 29.0 Å². The summed E-state index contributed by atoms with van der Waals surface area (Å²) in [4.78, 5) is 42.2. The SMILES string of the molecule is CCOc1nc(NC(c2ccccc2)(c2ccccc2)c2ccc(OC)cc2)nc2c1ncn2[C@@H]1O[C@](F)(CI)[C@@H](OC(=O)c2ccccc2)[C@@]1(C)OC(=O)c1ccccc1. The fourth-order valence-corrected chi connectivity index (χ4v) is 8.28. The van der Waals surface area contributed by atoms with Gasteiger partial charge in [0, 0.05) is 0 Å². The molecule has 0 bridgehead atoms. The highest BCUT2D eigenvalue weighted by molar-refractivity contribution is 14.1. The minimum atomic E-state index is -2.65. The van der Waals surface area contributed by atoms with Gasteiger partial charge in [-0.05, 0) is 66.9 Å². The first-order valence-corrected chi connectivity index (χ1v) is 21.0. The van der Waals surface area contributed by atoms with Crippen LogP contribution in [0.1, 0.15) is 57.5 Å². The van der Waals surface area contributed by atoms with E-state index < -0.39 is 41.3 Å². The smallest absolute Gasteiger partial charge is 0.338 e. The first kappa shape index (κ1) is 41.3. The first-order chi connectivity index (χ1) is 29.6. The number of methoxy groups -OCH3 is 1. The molecule has 14 heteroatoms. The normalized spacial score (nSPS) is 19.9. The summed E-state index contributed by atoms with van der Waals surface area (Å²) in [7, 11) is 1.61. The molecular weight excluding hydrogens is 892 g/mol. The van der Waals surface area contributed by atoms with Crippen LogP contribution in [-0.2, 0) is 19.7 Å². The zero-order chi connectivity index (χ0) is 42.6. The number of alkyl halides is 2. The maximum absolute atomic E-state index is 17.5. The molecule has 1 aliphatic heterocycles. The molecule has 12 nitrogen and oxygen atoms in total. The Balaban J connectivity index is 1.31. The van der Waals surface area contributed by atoms with Gasteiger partial charge in [-0.2, -0.15) is 9.97 Å². The topological polar surface area (TPSA) is 136 Å². The van der Waals surface area contributed by atoms with Crippen molar-refractivity contribution in [2.24, 2.45) is 0 Å². The summed E-state index contributed by atoms with van der Waals surface area (Å²) in [5.41, 5.74) is 0.237. The van der Waals surface area contributed by atoms with E-state index in [1.165, 1.54) is 17.8 Å². The quantitative estimate of drug-likeness (QED) is 0.0484. The number of ether oxygens (including phenoxy) is 5. The number of fused-ring (bicyclic) bond motifs is 1. The molecule has 7 aromatic rings. The molecule has 8 rings (SSSR count). The molecule has 1 saturated heterocycles. The lowest BCUT2D eigenvalue weighted by Crippen LogP contribution is -2.53. The summed E-state index contributed by atoms with van der Waals surface area (Å²) in [5, 5.41) is 3.68. The highest BCUT2D eigenvalue weighted by atomic mass is 127. The van der Waals surface area contributed by atoms with Crippen LogP contribution in [0.4, 0.5) is 10.3 Å². The van der Waals surface area contributed by atoms with Crippen LogP contribution in [0.25, 0.3) is 11.2 Å². The predicted molar refractivity (Wildman–Crippen MR) is 235 cm³/mol. The largest absolute Gasteiger partial charge is 0.497 e. The van der Waals surface area contributed by atoms with Crippen LogP contribution in [0.3, 0.4) is 0 Å². The number of imidazole rings is 1. The lowest BCUT2D eigenvalue weighted by molar-refractivity contribution is -0.168. The summed E-state index contributed by atoms with van der Waals surface area (Å²) >= 11 is 1.83. The molecule has 61 heavy (non-hydrogen) atoms. The Hall–Kier alpha value is -6.39. The van der Waals surface area contributed by atoms with Crippen molar-refractivity contribution >= 4 is 51.6 Å². The predicted octanol–water partition coefficient (Wildman–Crippen LogP) is 9.11. The number of esters is 2. The lowest BCUT2D eigenvalue weighted by Gasteiger charge is -2.37. The van der Waals surface area contributed by atoms with Gasteiger partial charge in [0.05, 0.1) is 35.6 Å². The molecule has 0 spiro atoms. The Morgan fingerprint density at radius 1 is 0.803 bits per heavy atom. The van der Waals surface area contributed by atoms with Crippen LogP contribution in [0.5, 0.6) is 11.6 Å². The van der Waals surface area contributed by atoms with Gasteiger partial charge in [0.2, 0.25) is 17.9 Å². The van der Waals surface area contributed by atoms with E-state index >= 15 is 4.39 Å². The lowest BCUT2D eigenvalue weighted by atomic mass is 9.77. The number of nitrogens with zero attached hydrogens (tertiary/aromatic N) is 4. The monoisotopic (exact) mass is 933 g/mol. The Morgan fingerprint density at radius 2 is 1.34 bits per heavy atom. The molecule has 0 amide bonds. The van der Waals surface area contributed by atoms with E-state index in [9.17, 15) is 9.59 Å². The van der Waals surface area contributed by atoms with E-state index in [1.807, 2.05) is 114 Å². The molecule has 4 atom stereocenters. The summed E-state index contributed by atoms with van der Waals surface area (Å²) in [6.45, 7) is 3.52. The van der Waals surface area contributed by atoms with Gasteiger partial charge in [0.1, 0.15) is 11.3 Å². The van der Waals surface area contributed by atoms with Crippen molar-refractivity contribution in [2.45, 2.75) is 43.2 Å². The fourth-order valence-electron chi connectivity index (χ4n) is 7.70. The van der Waals surface area contributed by atoms with Crippen LogP contribution in [0.2, 0.25) is 0 Å². The van der Waals surface area contributed by atoms with Crippen LogP contribution in [0.15, 0.2) is 152 Å². The third kappa shape index (κ3) is 7.76. The second kappa shape index (κ2) is 17.3. The van der Waals surface area contributed by atoms with Crippen molar-refractivity contribution in [2.75, 3.05) is 23.5 Å². The number of halogens is 2. The number of hydrogen-bond acceptors (Lipinski definition) is 11. The average molecular weight is 934 g/mol. The third-order valence-electron chi connectivity index (χ3n) is 10.6. The van der Waals surface area contributed by atoms with Crippen molar-refractivity contribution in [1.29, 1.82) is 0 Å². The second-order valence-corrected chi connectivity index (χ2v) is 15.2. The Labute approximate surface area is 365 Å². The van der Waals surface area contributed by atoms with Crippen LogP contribution < -0.4 is 14.8 Å². The minimum absolute atomic E-state index is 0.120. The molecule has 5 aromatic carbocycles. The molecule has 0 unspecified atom stereocenters. The van der Waals surface area contributed by atoms with Crippen LogP contribution in [-0.4, -0.2) is 67.2 Å². The van der Waals surface area contributed by atoms with E-state index in [4.69, 9.17) is 33.7 Å². The van der Waals surface area contributed by atoms with Crippen molar-refractivity contribution in [3.63, 3.8) is 0 Å². The van der Waals surface area contributed by atoms with Crippen molar-refractivity contribution in [3.8, 4) is 11.6 Å². The first-order valence-electron chi connectivity index (χ1n) is 19.5. The summed E-state index contributed by atoms with van der Waals surface area (Å²) < 4.78 is 48.8. The number of hydrogen-bond donors (Lipinski definition) is 1. The van der Waals surface area contributed by atoms with E-state index in [0.29, 0.717) is 5.75 Å². The Kier molecular flexibility index (Phi) is 11.7. The van der Waals surface area contributed by atoms with E-state index in [0.717, 1.165) is 16.7 Å². The number of anilines is 1. The Bertz CT molecular complexity index is 2580. The molecule has 0 aliphatic carbocycles. The molecular formula is C47H41FIN5O7. The Morgan fingerprint density at radius 3 is 1.89 bits per heavy atom. The van der Waals surface area contributed by atoms with Gasteiger partial charge >= 0.3 is 11.9 Å². The number of rotatable bonds is 14. The van der Waals surface area contributed by atoms with Gasteiger partial charge in [-0.1, -0.05) is 132 Å². The second-order valence-electron chi connectivity index (χ2n) is 14.4.